The Balaban J connectivity index is 0. The molecule has 5 heteroatoms. The van der Waals surface area contributed by atoms with E-state index in [1.54, 1.807) is 0 Å². The van der Waals surface area contributed by atoms with Gasteiger partial charge in [0.1, 0.15) is 0 Å². The van der Waals surface area contributed by atoms with Crippen LogP contribution in [0.4, 0.5) is 0 Å². The van der Waals surface area contributed by atoms with Crippen molar-refractivity contribution in [3.8, 4) is 0 Å². The summed E-state index contributed by atoms with van der Waals surface area (Å²) in [5, 5.41) is 0. The van der Waals surface area contributed by atoms with E-state index in [0.29, 0.717) is 0 Å². The molecule has 0 aliphatic heterocycles. The van der Waals surface area contributed by atoms with E-state index in [4.69, 9.17) is 0 Å². The monoisotopic (exact) mass is 246 g/mol. The Morgan fingerprint density at radius 3 is 0.800 bits per heavy atom. The standard InChI is InChI=1S/2Ag.2Li.O.2H/q4*+1;-2;2*-1. The first-order valence-corrected chi connectivity index (χ1v) is 0. The fraction of sp³-hybridized carbons (Fsp3) is 0. The van der Waals surface area contributed by atoms with Crippen molar-refractivity contribution in [2.24, 2.45) is 0 Å². The third-order valence-electron chi connectivity index (χ3n) is 0. The van der Waals surface area contributed by atoms with Crippen molar-refractivity contribution in [3.63, 3.8) is 0 Å². The quantitative estimate of drug-likeness (QED) is 0.382. The summed E-state index contributed by atoms with van der Waals surface area (Å²) in [6.07, 6.45) is 0. The van der Waals surface area contributed by atoms with Gasteiger partial charge in [0.2, 0.25) is 0 Å². The zero-order valence-electron chi connectivity index (χ0n) is 5.01. The van der Waals surface area contributed by atoms with Crippen LogP contribution in [0.25, 0.3) is 0 Å². The first-order valence-electron chi connectivity index (χ1n) is 0. The molecule has 0 N–H and O–H groups in total. The van der Waals surface area contributed by atoms with Gasteiger partial charge in [-0.1, -0.05) is 0 Å². The molecule has 0 atom stereocenters. The van der Waals surface area contributed by atoms with Crippen LogP contribution >= 0.6 is 0 Å². The van der Waals surface area contributed by atoms with Crippen LogP contribution in [-0.4, -0.2) is 0 Å². The fourth-order valence-corrected chi connectivity index (χ4v) is 0. The Kier molecular flexibility index (Phi) is 294. The van der Waals surface area contributed by atoms with E-state index in [2.05, 4.69) is 0 Å². The zero-order chi connectivity index (χ0) is 0. The predicted molar refractivity (Wildman–Crippen MR) is 2.91 cm³/mol. The maximum Gasteiger partial charge on any atom is 1.00 e. The molecule has 32 valence electrons. The first-order chi connectivity index (χ1) is 0. The van der Waals surface area contributed by atoms with Crippen molar-refractivity contribution >= 4 is 0 Å². The largest absolute Gasteiger partial charge is 2.00 e. The second-order valence-corrected chi connectivity index (χ2v) is 0. The van der Waals surface area contributed by atoms with Gasteiger partial charge in [0, 0.05) is 0 Å². The number of hydrogen-bond acceptors (Lipinski definition) is 0. The number of rotatable bonds is 0. The van der Waals surface area contributed by atoms with Crippen LogP contribution < -0.4 is 37.7 Å². The minimum atomic E-state index is 0. The Morgan fingerprint density at radius 1 is 0.800 bits per heavy atom. The van der Waals surface area contributed by atoms with Gasteiger partial charge in [0.15, 0.2) is 0 Å². The number of hydrogen-bond donors (Lipinski definition) is 0. The summed E-state index contributed by atoms with van der Waals surface area (Å²) in [5.41, 5.74) is 0. The van der Waals surface area contributed by atoms with Gasteiger partial charge in [-0.25, -0.2) is 0 Å². The third kappa shape index (κ3) is 20.5. The van der Waals surface area contributed by atoms with Gasteiger partial charge < -0.3 is 8.33 Å². The molecule has 0 aliphatic carbocycles. The summed E-state index contributed by atoms with van der Waals surface area (Å²) in [4.78, 5) is 0. The second-order valence-electron chi connectivity index (χ2n) is 0. The molecule has 0 spiro atoms. The van der Waals surface area contributed by atoms with Crippen LogP contribution in [0.2, 0.25) is 0 Å². The summed E-state index contributed by atoms with van der Waals surface area (Å²) >= 11 is 0. The van der Waals surface area contributed by atoms with Crippen molar-refractivity contribution < 1.29 is 90.8 Å². The van der Waals surface area contributed by atoms with Gasteiger partial charge in [-0.2, -0.15) is 0 Å². The molecule has 0 aromatic heterocycles. The van der Waals surface area contributed by atoms with Gasteiger partial charge in [0.05, 0.1) is 0 Å². The van der Waals surface area contributed by atoms with Crippen molar-refractivity contribution in [2.75, 3.05) is 0 Å². The molecule has 0 radical (unpaired) electrons. The molecule has 0 heterocycles. The molecule has 0 unspecified atom stereocenters. The minimum absolute atomic E-state index is 0. The Bertz CT molecular complexity index is 13.7. The average Bonchev–Trinajstić information content (AvgIpc) is 0. The van der Waals surface area contributed by atoms with Gasteiger partial charge in [-0.3, -0.25) is 0 Å². The molecule has 5 heavy (non-hydrogen) atoms. The Morgan fingerprint density at radius 2 is 0.800 bits per heavy atom. The van der Waals surface area contributed by atoms with Crippen molar-refractivity contribution in [1.29, 1.82) is 0 Å². The van der Waals surface area contributed by atoms with Crippen LogP contribution in [0.15, 0.2) is 0 Å². The molecule has 0 aliphatic rings. The second kappa shape index (κ2) is 30.3. The van der Waals surface area contributed by atoms with Gasteiger partial charge in [-0.05, 0) is 0 Å². The molecule has 0 aromatic carbocycles. The van der Waals surface area contributed by atoms with Crippen LogP contribution in [-0.2, 0) is 50.2 Å². The zero-order valence-corrected chi connectivity index (χ0v) is 5.98. The topological polar surface area (TPSA) is 28.5 Å². The maximum atomic E-state index is 0. The summed E-state index contributed by atoms with van der Waals surface area (Å²) < 4.78 is 0. The summed E-state index contributed by atoms with van der Waals surface area (Å²) in [5.74, 6) is 0. The molecular weight excluding hydrogens is 246 g/mol. The normalized spacial score (nSPS) is 0. The molecule has 0 bridgehead atoms. The first kappa shape index (κ1) is 48.4. The summed E-state index contributed by atoms with van der Waals surface area (Å²) in [6.45, 7) is 0. The average molecular weight is 248 g/mol. The molecule has 0 amide bonds. The van der Waals surface area contributed by atoms with E-state index in [0.717, 1.165) is 0 Å². The van der Waals surface area contributed by atoms with E-state index < -0.39 is 0 Å². The summed E-state index contributed by atoms with van der Waals surface area (Å²) in [6, 6.07) is 0. The van der Waals surface area contributed by atoms with Crippen LogP contribution in [0.5, 0.6) is 0 Å². The Labute approximate surface area is 89.7 Å². The van der Waals surface area contributed by atoms with Gasteiger partial charge in [0.25, 0.3) is 0 Å². The van der Waals surface area contributed by atoms with E-state index in [1.165, 1.54) is 0 Å². The SMILES string of the molecule is [Ag+].[Ag+].[H-].[H-].[Li+].[Li+].[O-2]. The van der Waals surface area contributed by atoms with Crippen LogP contribution in [0.3, 0.4) is 0 Å². The van der Waals surface area contributed by atoms with Crippen LogP contribution in [0.1, 0.15) is 2.85 Å². The van der Waals surface area contributed by atoms with Crippen LogP contribution in [0, 0.1) is 0 Å². The van der Waals surface area contributed by atoms with E-state index in [9.17, 15) is 0 Å². The van der Waals surface area contributed by atoms with Gasteiger partial charge >= 0.3 is 82.5 Å². The third-order valence-corrected chi connectivity index (χ3v) is 0. The summed E-state index contributed by atoms with van der Waals surface area (Å²) in [7, 11) is 0. The molecule has 1 nitrogen and oxygen atoms in total. The van der Waals surface area contributed by atoms with Crippen molar-refractivity contribution in [3.05, 3.63) is 0 Å². The Hall–Kier alpha value is 2.64. The predicted octanol–water partition coefficient (Wildman–Crippen LogP) is -5.89. The van der Waals surface area contributed by atoms with Gasteiger partial charge in [-0.15, -0.1) is 0 Å². The smallest absolute Gasteiger partial charge is 1.00 e. The van der Waals surface area contributed by atoms with E-state index in [1.807, 2.05) is 0 Å². The van der Waals surface area contributed by atoms with E-state index >= 15 is 0 Å². The van der Waals surface area contributed by atoms with Crippen molar-refractivity contribution in [1.82, 2.24) is 0 Å². The molecule has 0 saturated heterocycles. The molecule has 0 fully saturated rings. The molecular formula is H2Ag2Li2O. The fourth-order valence-electron chi connectivity index (χ4n) is 0. The molecule has 0 saturated carbocycles. The van der Waals surface area contributed by atoms with Crippen molar-refractivity contribution in [2.45, 2.75) is 0 Å². The minimum Gasteiger partial charge on any atom is -2.00 e. The molecule has 0 aromatic rings. The maximum absolute atomic E-state index is 0. The molecule has 0 rings (SSSR count). The van der Waals surface area contributed by atoms with E-state index in [-0.39, 0.29) is 90.8 Å².